The quantitative estimate of drug-likeness (QED) is 0.655. The van der Waals surface area contributed by atoms with E-state index in [1.807, 2.05) is 34.9 Å². The van der Waals surface area contributed by atoms with Crippen LogP contribution in [0.4, 0.5) is 0 Å². The van der Waals surface area contributed by atoms with E-state index >= 15 is 0 Å². The van der Waals surface area contributed by atoms with Gasteiger partial charge in [0.05, 0.1) is 0 Å². The number of amides is 1. The predicted octanol–water partition coefficient (Wildman–Crippen LogP) is 3.62. The van der Waals surface area contributed by atoms with Gasteiger partial charge in [-0.3, -0.25) is 14.5 Å². The van der Waals surface area contributed by atoms with Crippen LogP contribution in [0.25, 0.3) is 10.9 Å². The van der Waals surface area contributed by atoms with Crippen LogP contribution in [0, 0.1) is 0 Å². The monoisotopic (exact) mass is 389 g/mol. The van der Waals surface area contributed by atoms with E-state index in [9.17, 15) is 9.59 Å². The van der Waals surface area contributed by atoms with Crippen LogP contribution in [-0.4, -0.2) is 40.3 Å². The number of piperidine rings is 1. The number of nitrogens with one attached hydrogen (secondary N) is 1. The minimum atomic E-state index is 0.00219. The molecule has 150 valence electrons. The summed E-state index contributed by atoms with van der Waals surface area (Å²) in [5.74, 6) is 0.0218. The standard InChI is InChI=1S/C24H27N3O2/c1-18(28)22-16-27(23-10-6-5-9-21(22)23)17-24(29)25-20-11-13-26(14-12-20)15-19-7-3-2-4-8-19/h2-10,16,20H,11-15,17H2,1H3,(H,25,29). The summed E-state index contributed by atoms with van der Waals surface area (Å²) in [6, 6.07) is 18.5. The van der Waals surface area contributed by atoms with Crippen LogP contribution >= 0.6 is 0 Å². The number of carbonyl (C=O) groups is 2. The first-order chi connectivity index (χ1) is 14.1. The van der Waals surface area contributed by atoms with Crippen molar-refractivity contribution in [2.45, 2.75) is 38.9 Å². The Kier molecular flexibility index (Phi) is 5.76. The van der Waals surface area contributed by atoms with Crippen molar-refractivity contribution in [3.8, 4) is 0 Å². The van der Waals surface area contributed by atoms with Gasteiger partial charge in [-0.25, -0.2) is 0 Å². The Morgan fingerprint density at radius 3 is 2.41 bits per heavy atom. The number of likely N-dealkylation sites (tertiary alicyclic amines) is 1. The summed E-state index contributed by atoms with van der Waals surface area (Å²) in [6.45, 7) is 4.74. The summed E-state index contributed by atoms with van der Waals surface area (Å²) in [6.07, 6.45) is 3.72. The maximum Gasteiger partial charge on any atom is 0.240 e. The van der Waals surface area contributed by atoms with Crippen molar-refractivity contribution in [2.75, 3.05) is 13.1 Å². The highest BCUT2D eigenvalue weighted by Gasteiger charge is 2.21. The largest absolute Gasteiger partial charge is 0.352 e. The fourth-order valence-electron chi connectivity index (χ4n) is 4.16. The van der Waals surface area contributed by atoms with Gasteiger partial charge in [-0.05, 0) is 31.4 Å². The second-order valence-electron chi connectivity index (χ2n) is 7.85. The summed E-state index contributed by atoms with van der Waals surface area (Å²) >= 11 is 0. The molecular weight excluding hydrogens is 362 g/mol. The Hall–Kier alpha value is -2.92. The Bertz CT molecular complexity index is 1000. The Morgan fingerprint density at radius 1 is 1.00 bits per heavy atom. The van der Waals surface area contributed by atoms with E-state index in [4.69, 9.17) is 0 Å². The van der Waals surface area contributed by atoms with Crippen LogP contribution in [0.2, 0.25) is 0 Å². The Labute approximate surface area is 171 Å². The maximum atomic E-state index is 12.6. The summed E-state index contributed by atoms with van der Waals surface area (Å²) in [5, 5.41) is 4.09. The van der Waals surface area contributed by atoms with Gasteiger partial charge in [0.1, 0.15) is 6.54 Å². The van der Waals surface area contributed by atoms with E-state index in [1.165, 1.54) is 5.56 Å². The number of fused-ring (bicyclic) bond motifs is 1. The molecule has 1 amide bonds. The maximum absolute atomic E-state index is 12.6. The average molecular weight is 389 g/mol. The molecule has 0 saturated carbocycles. The zero-order valence-electron chi connectivity index (χ0n) is 16.8. The number of carbonyl (C=O) groups excluding carboxylic acids is 2. The second kappa shape index (κ2) is 8.62. The van der Waals surface area contributed by atoms with Gasteiger partial charge in [0.25, 0.3) is 0 Å². The summed E-state index contributed by atoms with van der Waals surface area (Å²) in [4.78, 5) is 27.0. The topological polar surface area (TPSA) is 54.3 Å². The molecule has 0 aliphatic carbocycles. The minimum absolute atomic E-state index is 0.00219. The SMILES string of the molecule is CC(=O)c1cn(CC(=O)NC2CCN(Cc3ccccc3)CC2)c2ccccc12. The first-order valence-electron chi connectivity index (χ1n) is 10.2. The van der Waals surface area contributed by atoms with Crippen molar-refractivity contribution in [1.82, 2.24) is 14.8 Å². The first kappa shape index (κ1) is 19.4. The number of aromatic nitrogens is 1. The van der Waals surface area contributed by atoms with E-state index in [0.29, 0.717) is 5.56 Å². The number of rotatable bonds is 6. The molecule has 5 nitrogen and oxygen atoms in total. The summed E-state index contributed by atoms with van der Waals surface area (Å²) < 4.78 is 1.88. The van der Waals surface area contributed by atoms with Gasteiger partial charge in [0.2, 0.25) is 5.91 Å². The highest BCUT2D eigenvalue weighted by atomic mass is 16.2. The molecule has 3 aromatic rings. The lowest BCUT2D eigenvalue weighted by Crippen LogP contribution is -2.45. The number of nitrogens with zero attached hydrogens (tertiary/aromatic N) is 2. The third-order valence-electron chi connectivity index (χ3n) is 5.68. The van der Waals surface area contributed by atoms with Crippen LogP contribution in [0.5, 0.6) is 0 Å². The molecule has 1 N–H and O–H groups in total. The van der Waals surface area contributed by atoms with Crippen LogP contribution in [0.15, 0.2) is 60.8 Å². The van der Waals surface area contributed by atoms with Gasteiger partial charge in [0.15, 0.2) is 5.78 Å². The molecule has 29 heavy (non-hydrogen) atoms. The third kappa shape index (κ3) is 4.57. The van der Waals surface area contributed by atoms with E-state index < -0.39 is 0 Å². The van der Waals surface area contributed by atoms with Gasteiger partial charge in [0, 0.05) is 48.3 Å². The number of benzene rings is 2. The molecule has 1 aliphatic heterocycles. The normalized spacial score (nSPS) is 15.5. The molecular formula is C24H27N3O2. The van der Waals surface area contributed by atoms with Crippen molar-refractivity contribution >= 4 is 22.6 Å². The second-order valence-corrected chi connectivity index (χ2v) is 7.85. The molecule has 4 rings (SSSR count). The molecule has 1 fully saturated rings. The molecule has 5 heteroatoms. The molecule has 1 aromatic heterocycles. The summed E-state index contributed by atoms with van der Waals surface area (Å²) in [7, 11) is 0. The average Bonchev–Trinajstić information content (AvgIpc) is 3.09. The minimum Gasteiger partial charge on any atom is -0.352 e. The Balaban J connectivity index is 1.33. The van der Waals surface area contributed by atoms with E-state index in [-0.39, 0.29) is 24.3 Å². The molecule has 2 heterocycles. The van der Waals surface area contributed by atoms with Gasteiger partial charge in [-0.1, -0.05) is 48.5 Å². The fraction of sp³-hybridized carbons (Fsp3) is 0.333. The number of hydrogen-bond acceptors (Lipinski definition) is 3. The van der Waals surface area contributed by atoms with Crippen molar-refractivity contribution in [3.05, 3.63) is 71.9 Å². The lowest BCUT2D eigenvalue weighted by molar-refractivity contribution is -0.122. The Morgan fingerprint density at radius 2 is 1.69 bits per heavy atom. The van der Waals surface area contributed by atoms with Gasteiger partial charge in [-0.15, -0.1) is 0 Å². The van der Waals surface area contributed by atoms with Crippen LogP contribution in [0.3, 0.4) is 0 Å². The lowest BCUT2D eigenvalue weighted by Gasteiger charge is -2.32. The van der Waals surface area contributed by atoms with E-state index in [0.717, 1.165) is 43.4 Å². The smallest absolute Gasteiger partial charge is 0.240 e. The van der Waals surface area contributed by atoms with Crippen LogP contribution in [0.1, 0.15) is 35.7 Å². The molecule has 0 unspecified atom stereocenters. The van der Waals surface area contributed by atoms with Gasteiger partial charge in [-0.2, -0.15) is 0 Å². The molecule has 0 bridgehead atoms. The molecule has 2 aromatic carbocycles. The van der Waals surface area contributed by atoms with Crippen molar-refractivity contribution < 1.29 is 9.59 Å². The van der Waals surface area contributed by atoms with Crippen molar-refractivity contribution in [1.29, 1.82) is 0 Å². The highest BCUT2D eigenvalue weighted by Crippen LogP contribution is 2.22. The predicted molar refractivity (Wildman–Crippen MR) is 115 cm³/mol. The van der Waals surface area contributed by atoms with Crippen molar-refractivity contribution in [2.24, 2.45) is 0 Å². The van der Waals surface area contributed by atoms with E-state index in [1.54, 1.807) is 13.1 Å². The number of hydrogen-bond donors (Lipinski definition) is 1. The van der Waals surface area contributed by atoms with E-state index in [2.05, 4.69) is 34.5 Å². The molecule has 1 saturated heterocycles. The van der Waals surface area contributed by atoms with Crippen molar-refractivity contribution in [3.63, 3.8) is 0 Å². The van der Waals surface area contributed by atoms with Crippen LogP contribution < -0.4 is 5.32 Å². The molecule has 0 radical (unpaired) electrons. The zero-order valence-corrected chi connectivity index (χ0v) is 16.8. The number of Topliss-reactive ketones (excluding diaryl/α,β-unsaturated/α-hetero) is 1. The summed E-state index contributed by atoms with van der Waals surface area (Å²) in [5.41, 5.74) is 2.92. The van der Waals surface area contributed by atoms with Gasteiger partial charge >= 0.3 is 0 Å². The molecule has 1 aliphatic rings. The fourth-order valence-corrected chi connectivity index (χ4v) is 4.16. The highest BCUT2D eigenvalue weighted by molar-refractivity contribution is 6.07. The molecule has 0 atom stereocenters. The first-order valence-corrected chi connectivity index (χ1v) is 10.2. The third-order valence-corrected chi connectivity index (χ3v) is 5.68. The number of para-hydroxylation sites is 1. The molecule has 0 spiro atoms. The zero-order chi connectivity index (χ0) is 20.2. The number of ketones is 1. The van der Waals surface area contributed by atoms with Gasteiger partial charge < -0.3 is 9.88 Å². The van der Waals surface area contributed by atoms with Crippen LogP contribution in [-0.2, 0) is 17.9 Å². The lowest BCUT2D eigenvalue weighted by atomic mass is 10.0.